The van der Waals surface area contributed by atoms with Gasteiger partial charge in [0.1, 0.15) is 5.82 Å². The third-order valence-electron chi connectivity index (χ3n) is 6.02. The molecule has 1 N–H and O–H groups in total. The summed E-state index contributed by atoms with van der Waals surface area (Å²) in [6, 6.07) is 6.61. The van der Waals surface area contributed by atoms with Crippen molar-refractivity contribution >= 4 is 36.4 Å². The van der Waals surface area contributed by atoms with Gasteiger partial charge in [0.2, 0.25) is 5.91 Å². The van der Waals surface area contributed by atoms with Crippen LogP contribution in [0, 0.1) is 11.7 Å². The van der Waals surface area contributed by atoms with E-state index in [1.54, 1.807) is 0 Å². The molecule has 2 aliphatic heterocycles. The zero-order valence-corrected chi connectivity index (χ0v) is 19.1. The van der Waals surface area contributed by atoms with Crippen molar-refractivity contribution in [1.29, 1.82) is 0 Å². The summed E-state index contributed by atoms with van der Waals surface area (Å²) < 4.78 is 13.1. The maximum absolute atomic E-state index is 13.1. The average Bonchev–Trinajstić information content (AvgIpc) is 2.72. The number of anilines is 1. The van der Waals surface area contributed by atoms with E-state index in [9.17, 15) is 9.18 Å². The summed E-state index contributed by atoms with van der Waals surface area (Å²) in [5.41, 5.74) is 1.05. The number of piperidine rings is 1. The molecule has 2 aliphatic rings. The number of nitrogens with one attached hydrogen (secondary N) is 1. The summed E-state index contributed by atoms with van der Waals surface area (Å²) in [5, 5.41) is 3.42. The molecule has 1 aromatic rings. The summed E-state index contributed by atoms with van der Waals surface area (Å²) in [6.07, 6.45) is 2.20. The monoisotopic (exact) mass is 448 g/mol. The fraction of sp³-hybridized carbons (Fsp3) is 0.667. The molecule has 1 atom stereocenters. The van der Waals surface area contributed by atoms with E-state index in [0.717, 1.165) is 70.9 Å². The molecular formula is C21H35Cl2FN4O. The molecule has 0 bridgehead atoms. The zero-order valence-electron chi connectivity index (χ0n) is 17.5. The Balaban J connectivity index is 0.00000210. The van der Waals surface area contributed by atoms with E-state index in [1.165, 1.54) is 12.1 Å². The number of rotatable bonds is 6. The van der Waals surface area contributed by atoms with Crippen LogP contribution in [0.1, 0.15) is 26.7 Å². The van der Waals surface area contributed by atoms with Gasteiger partial charge in [0.25, 0.3) is 0 Å². The second-order valence-electron chi connectivity index (χ2n) is 7.75. The Hall–Kier alpha value is -1.08. The van der Waals surface area contributed by atoms with E-state index in [-0.39, 0.29) is 42.6 Å². The number of hydrogen-bond donors (Lipinski definition) is 1. The standard InChI is InChI=1S/C21H33FN4O.2ClH/c1-3-23-16-18-8-10-26(11-9-18)21(27)17(2)24-12-14-25(15-13-24)20-6-4-19(22)5-7-20;;/h4-7,17-18,23H,3,8-16H2,1-2H3;2*1H. The van der Waals surface area contributed by atoms with Crippen LogP contribution in [-0.4, -0.2) is 74.1 Å². The van der Waals surface area contributed by atoms with Crippen LogP contribution in [-0.2, 0) is 4.79 Å². The van der Waals surface area contributed by atoms with Gasteiger partial charge in [-0.3, -0.25) is 9.69 Å². The minimum atomic E-state index is -0.203. The van der Waals surface area contributed by atoms with E-state index >= 15 is 0 Å². The van der Waals surface area contributed by atoms with E-state index in [1.807, 2.05) is 19.1 Å². The normalized spacial score (nSPS) is 19.3. The van der Waals surface area contributed by atoms with Crippen molar-refractivity contribution in [2.75, 3.05) is 57.3 Å². The molecule has 0 aromatic heterocycles. The highest BCUT2D eigenvalue weighted by atomic mass is 35.5. The number of nitrogens with zero attached hydrogens (tertiary/aromatic N) is 3. The fourth-order valence-corrected chi connectivity index (χ4v) is 4.15. The highest BCUT2D eigenvalue weighted by molar-refractivity contribution is 5.85. The first-order chi connectivity index (χ1) is 13.1. The van der Waals surface area contributed by atoms with Gasteiger partial charge in [-0.25, -0.2) is 4.39 Å². The predicted molar refractivity (Wildman–Crippen MR) is 122 cm³/mol. The number of benzene rings is 1. The first kappa shape index (κ1) is 26.0. The van der Waals surface area contributed by atoms with Crippen molar-refractivity contribution in [1.82, 2.24) is 15.1 Å². The zero-order chi connectivity index (χ0) is 19.2. The minimum Gasteiger partial charge on any atom is -0.369 e. The molecule has 1 amide bonds. The first-order valence-corrected chi connectivity index (χ1v) is 10.3. The van der Waals surface area contributed by atoms with Gasteiger partial charge in [-0.15, -0.1) is 24.8 Å². The molecule has 0 radical (unpaired) electrons. The lowest BCUT2D eigenvalue weighted by molar-refractivity contribution is -0.138. The first-order valence-electron chi connectivity index (χ1n) is 10.3. The Labute approximate surface area is 186 Å². The molecule has 0 saturated carbocycles. The lowest BCUT2D eigenvalue weighted by Crippen LogP contribution is -2.55. The average molecular weight is 449 g/mol. The van der Waals surface area contributed by atoms with Gasteiger partial charge in [0, 0.05) is 45.0 Å². The lowest BCUT2D eigenvalue weighted by Gasteiger charge is -2.41. The Morgan fingerprint density at radius 2 is 1.66 bits per heavy atom. The van der Waals surface area contributed by atoms with Crippen molar-refractivity contribution in [2.24, 2.45) is 5.92 Å². The highest BCUT2D eigenvalue weighted by Gasteiger charge is 2.30. The van der Waals surface area contributed by atoms with E-state index < -0.39 is 0 Å². The third kappa shape index (κ3) is 6.99. The Morgan fingerprint density at radius 1 is 1.07 bits per heavy atom. The van der Waals surface area contributed by atoms with E-state index in [0.29, 0.717) is 5.92 Å². The highest BCUT2D eigenvalue weighted by Crippen LogP contribution is 2.20. The van der Waals surface area contributed by atoms with E-state index in [4.69, 9.17) is 0 Å². The molecule has 2 fully saturated rings. The lowest BCUT2D eigenvalue weighted by atomic mass is 9.96. The number of amides is 1. The van der Waals surface area contributed by atoms with Gasteiger partial charge in [-0.05, 0) is 63.0 Å². The Bertz CT molecular complexity index is 603. The minimum absolute atomic E-state index is 0. The van der Waals surface area contributed by atoms with Crippen LogP contribution in [0.2, 0.25) is 0 Å². The molecule has 1 unspecified atom stereocenters. The summed E-state index contributed by atoms with van der Waals surface area (Å²) >= 11 is 0. The van der Waals surface area contributed by atoms with Crippen LogP contribution < -0.4 is 10.2 Å². The predicted octanol–water partition coefficient (Wildman–Crippen LogP) is 3.03. The molecule has 0 aliphatic carbocycles. The molecular weight excluding hydrogens is 414 g/mol. The quantitative estimate of drug-likeness (QED) is 0.725. The van der Waals surface area contributed by atoms with Crippen LogP contribution in [0.15, 0.2) is 24.3 Å². The number of likely N-dealkylation sites (tertiary alicyclic amines) is 1. The van der Waals surface area contributed by atoms with Crippen molar-refractivity contribution in [3.8, 4) is 0 Å². The second-order valence-corrected chi connectivity index (χ2v) is 7.75. The largest absolute Gasteiger partial charge is 0.369 e. The van der Waals surface area contributed by atoms with Gasteiger partial charge in [0.05, 0.1) is 6.04 Å². The van der Waals surface area contributed by atoms with Crippen LogP contribution in [0.25, 0.3) is 0 Å². The Morgan fingerprint density at radius 3 is 2.21 bits per heavy atom. The number of carbonyl (C=O) groups excluding carboxylic acids is 1. The number of hydrogen-bond acceptors (Lipinski definition) is 4. The van der Waals surface area contributed by atoms with Crippen LogP contribution in [0.4, 0.5) is 10.1 Å². The molecule has 166 valence electrons. The number of carbonyl (C=O) groups is 1. The van der Waals surface area contributed by atoms with Crippen molar-refractivity contribution in [3.05, 3.63) is 30.1 Å². The topological polar surface area (TPSA) is 38.8 Å². The summed E-state index contributed by atoms with van der Waals surface area (Å²) in [5.74, 6) is 0.765. The molecule has 2 heterocycles. The van der Waals surface area contributed by atoms with Crippen LogP contribution >= 0.6 is 24.8 Å². The van der Waals surface area contributed by atoms with Crippen LogP contribution in [0.5, 0.6) is 0 Å². The van der Waals surface area contributed by atoms with Crippen molar-refractivity contribution < 1.29 is 9.18 Å². The van der Waals surface area contributed by atoms with Gasteiger partial charge in [-0.1, -0.05) is 6.92 Å². The Kier molecular flexibility index (Phi) is 11.3. The SMILES string of the molecule is CCNCC1CCN(C(=O)C(C)N2CCN(c3ccc(F)cc3)CC2)CC1.Cl.Cl. The van der Waals surface area contributed by atoms with E-state index in [2.05, 4.69) is 26.9 Å². The van der Waals surface area contributed by atoms with Gasteiger partial charge < -0.3 is 15.1 Å². The molecule has 2 saturated heterocycles. The number of halogens is 3. The van der Waals surface area contributed by atoms with Crippen molar-refractivity contribution in [2.45, 2.75) is 32.7 Å². The second kappa shape index (κ2) is 12.6. The van der Waals surface area contributed by atoms with Gasteiger partial charge in [-0.2, -0.15) is 0 Å². The van der Waals surface area contributed by atoms with Gasteiger partial charge in [0.15, 0.2) is 0 Å². The number of piperazine rings is 1. The summed E-state index contributed by atoms with van der Waals surface area (Å²) in [7, 11) is 0. The maximum atomic E-state index is 13.1. The van der Waals surface area contributed by atoms with Crippen molar-refractivity contribution in [3.63, 3.8) is 0 Å². The molecule has 8 heteroatoms. The fourth-order valence-electron chi connectivity index (χ4n) is 4.15. The van der Waals surface area contributed by atoms with Crippen LogP contribution in [0.3, 0.4) is 0 Å². The van der Waals surface area contributed by atoms with Gasteiger partial charge >= 0.3 is 0 Å². The summed E-state index contributed by atoms with van der Waals surface area (Å²) in [6.45, 7) is 11.5. The smallest absolute Gasteiger partial charge is 0.239 e. The molecule has 0 spiro atoms. The maximum Gasteiger partial charge on any atom is 0.239 e. The third-order valence-corrected chi connectivity index (χ3v) is 6.02. The molecule has 5 nitrogen and oxygen atoms in total. The summed E-state index contributed by atoms with van der Waals surface area (Å²) in [4.78, 5) is 19.5. The molecule has 29 heavy (non-hydrogen) atoms. The molecule has 1 aromatic carbocycles. The molecule has 3 rings (SSSR count).